The first kappa shape index (κ1) is 24.7. The molecule has 2 heterocycles. The van der Waals surface area contributed by atoms with E-state index in [9.17, 15) is 8.42 Å². The van der Waals surface area contributed by atoms with Gasteiger partial charge in [-0.3, -0.25) is 0 Å². The average Bonchev–Trinajstić information content (AvgIpc) is 2.66. The van der Waals surface area contributed by atoms with Gasteiger partial charge in [0.05, 0.1) is 11.0 Å². The first-order valence-corrected chi connectivity index (χ1v) is 15.3. The van der Waals surface area contributed by atoms with Gasteiger partial charge in [0.2, 0.25) is 18.3 Å². The number of hydrogen-bond donors (Lipinski definition) is 1. The van der Waals surface area contributed by atoms with Crippen molar-refractivity contribution in [2.45, 2.75) is 88.0 Å². The summed E-state index contributed by atoms with van der Waals surface area (Å²) < 4.78 is 34.6. The number of nitrogens with zero attached hydrogens (tertiary/aromatic N) is 2. The number of sulfonamides is 1. The summed E-state index contributed by atoms with van der Waals surface area (Å²) in [6.45, 7) is 16.5. The average molecular weight is 468 g/mol. The van der Waals surface area contributed by atoms with Crippen molar-refractivity contribution in [2.75, 3.05) is 31.1 Å². The molecule has 0 bridgehead atoms. The monoisotopic (exact) mass is 467 g/mol. The quantitative estimate of drug-likeness (QED) is 0.581. The maximum absolute atomic E-state index is 13.1. The molecule has 2 N–H and O–H groups in total. The maximum Gasteiger partial charge on any atom is 0.243 e. The Hall–Kier alpha value is -0.933. The van der Waals surface area contributed by atoms with Gasteiger partial charge in [-0.1, -0.05) is 47.6 Å². The summed E-state index contributed by atoms with van der Waals surface area (Å²) in [4.78, 5) is 2.61. The topological polar surface area (TPSA) is 75.9 Å². The van der Waals surface area contributed by atoms with Crippen LogP contribution in [0, 0.1) is 0 Å². The molecule has 31 heavy (non-hydrogen) atoms. The molecule has 0 aliphatic carbocycles. The van der Waals surface area contributed by atoms with Gasteiger partial charge in [-0.05, 0) is 47.7 Å². The third-order valence-corrected chi connectivity index (χ3v) is 15.3. The van der Waals surface area contributed by atoms with Crippen LogP contribution in [0.25, 0.3) is 0 Å². The predicted octanol–water partition coefficient (Wildman–Crippen LogP) is 4.18. The zero-order valence-corrected chi connectivity index (χ0v) is 21.9. The van der Waals surface area contributed by atoms with E-state index in [1.165, 1.54) is 0 Å². The molecular weight excluding hydrogens is 426 g/mol. The van der Waals surface area contributed by atoms with Gasteiger partial charge in [0.25, 0.3) is 0 Å². The summed E-state index contributed by atoms with van der Waals surface area (Å²) in [7, 11) is -5.37. The molecule has 0 unspecified atom stereocenters. The minimum atomic E-state index is -3.47. The molecule has 3 rings (SSSR count). The van der Waals surface area contributed by atoms with E-state index in [1.54, 1.807) is 10.4 Å². The molecule has 8 heteroatoms. The standard InChI is InChI=1S/C23H41N3O3SSi/c1-17(2)31(18(3)4,19(5)6)29-22-15-25(16-22)21-8-7-9-23(14-21)30(27,28)26-12-10-20(24)11-13-26/h7-9,14,17-20,22H,10-13,15-16,24H2,1-6H3. The molecule has 0 saturated carbocycles. The van der Waals surface area contributed by atoms with Crippen LogP contribution in [-0.2, 0) is 14.4 Å². The van der Waals surface area contributed by atoms with Gasteiger partial charge in [0.1, 0.15) is 0 Å². The molecule has 0 atom stereocenters. The summed E-state index contributed by atoms with van der Waals surface area (Å²) in [5.41, 5.74) is 8.59. The molecule has 176 valence electrons. The van der Waals surface area contributed by atoms with E-state index in [1.807, 2.05) is 18.2 Å². The molecule has 1 aromatic carbocycles. The Morgan fingerprint density at radius 2 is 1.55 bits per heavy atom. The highest BCUT2D eigenvalue weighted by Crippen LogP contribution is 2.44. The Morgan fingerprint density at radius 3 is 2.06 bits per heavy atom. The van der Waals surface area contributed by atoms with E-state index in [0.717, 1.165) is 31.6 Å². The Labute approximate surface area is 190 Å². The summed E-state index contributed by atoms with van der Waals surface area (Å²) in [6, 6.07) is 7.47. The molecule has 0 amide bonds. The minimum absolute atomic E-state index is 0.106. The number of hydrogen-bond acceptors (Lipinski definition) is 5. The van der Waals surface area contributed by atoms with Gasteiger partial charge >= 0.3 is 0 Å². The molecule has 1 aromatic rings. The summed E-state index contributed by atoms with van der Waals surface area (Å²) in [5.74, 6) is 0. The lowest BCUT2D eigenvalue weighted by Gasteiger charge is -2.50. The highest BCUT2D eigenvalue weighted by atomic mass is 32.2. The third kappa shape index (κ3) is 4.88. The largest absolute Gasteiger partial charge is 0.410 e. The van der Waals surface area contributed by atoms with Crippen molar-refractivity contribution in [1.82, 2.24) is 4.31 Å². The molecule has 0 aromatic heterocycles. The Kier molecular flexibility index (Phi) is 7.58. The van der Waals surface area contributed by atoms with Gasteiger partial charge in [0.15, 0.2) is 0 Å². The van der Waals surface area contributed by atoms with Crippen LogP contribution in [0.5, 0.6) is 0 Å². The fourth-order valence-electron chi connectivity index (χ4n) is 5.53. The minimum Gasteiger partial charge on any atom is -0.410 e. The van der Waals surface area contributed by atoms with Gasteiger partial charge < -0.3 is 15.1 Å². The van der Waals surface area contributed by atoms with Crippen LogP contribution in [0.1, 0.15) is 54.4 Å². The fraction of sp³-hybridized carbons (Fsp3) is 0.739. The van der Waals surface area contributed by atoms with Crippen molar-refractivity contribution in [3.8, 4) is 0 Å². The van der Waals surface area contributed by atoms with Crippen molar-refractivity contribution in [2.24, 2.45) is 5.73 Å². The van der Waals surface area contributed by atoms with Gasteiger partial charge in [-0.15, -0.1) is 0 Å². The van der Waals surface area contributed by atoms with Crippen LogP contribution in [0.2, 0.25) is 16.6 Å². The summed E-state index contributed by atoms with van der Waals surface area (Å²) >= 11 is 0. The molecule has 2 fully saturated rings. The Balaban J connectivity index is 1.69. The second-order valence-electron chi connectivity index (χ2n) is 10.2. The maximum atomic E-state index is 13.1. The molecule has 0 radical (unpaired) electrons. The zero-order chi connectivity index (χ0) is 23.0. The van der Waals surface area contributed by atoms with E-state index in [4.69, 9.17) is 10.2 Å². The van der Waals surface area contributed by atoms with Crippen LogP contribution in [0.15, 0.2) is 29.2 Å². The summed E-state index contributed by atoms with van der Waals surface area (Å²) in [5, 5.41) is 0. The second-order valence-corrected chi connectivity index (χ2v) is 17.5. The fourth-order valence-corrected chi connectivity index (χ4v) is 12.6. The smallest absolute Gasteiger partial charge is 0.243 e. The summed E-state index contributed by atoms with van der Waals surface area (Å²) in [6.07, 6.45) is 1.66. The van der Waals surface area contributed by atoms with E-state index >= 15 is 0 Å². The van der Waals surface area contributed by atoms with Crippen LogP contribution in [-0.4, -0.2) is 59.4 Å². The van der Waals surface area contributed by atoms with Crippen molar-refractivity contribution < 1.29 is 12.8 Å². The number of anilines is 1. The van der Waals surface area contributed by atoms with Gasteiger partial charge in [-0.25, -0.2) is 8.42 Å². The lowest BCUT2D eigenvalue weighted by molar-refractivity contribution is 0.143. The highest BCUT2D eigenvalue weighted by molar-refractivity contribution is 7.89. The molecule has 2 saturated heterocycles. The highest BCUT2D eigenvalue weighted by Gasteiger charge is 2.48. The third-order valence-electron chi connectivity index (χ3n) is 7.25. The molecule has 2 aliphatic heterocycles. The molecule has 6 nitrogen and oxygen atoms in total. The van der Waals surface area contributed by atoms with Gasteiger partial charge in [0, 0.05) is 37.9 Å². The number of nitrogens with two attached hydrogens (primary N) is 1. The van der Waals surface area contributed by atoms with E-state index in [-0.39, 0.29) is 12.1 Å². The molecule has 0 spiro atoms. The zero-order valence-electron chi connectivity index (χ0n) is 20.0. The van der Waals surface area contributed by atoms with Crippen LogP contribution in [0.3, 0.4) is 0 Å². The molecule has 2 aliphatic rings. The van der Waals surface area contributed by atoms with Crippen molar-refractivity contribution in [1.29, 1.82) is 0 Å². The normalized spacial score (nSPS) is 20.1. The van der Waals surface area contributed by atoms with Gasteiger partial charge in [-0.2, -0.15) is 4.31 Å². The predicted molar refractivity (Wildman–Crippen MR) is 131 cm³/mol. The van der Waals surface area contributed by atoms with Crippen molar-refractivity contribution >= 4 is 24.0 Å². The first-order chi connectivity index (χ1) is 14.5. The van der Waals surface area contributed by atoms with E-state index in [0.29, 0.717) is 34.6 Å². The lowest BCUT2D eigenvalue weighted by atomic mass is 10.1. The van der Waals surface area contributed by atoms with E-state index < -0.39 is 18.3 Å². The Morgan fingerprint density at radius 1 is 1.00 bits per heavy atom. The number of rotatable bonds is 8. The van der Waals surface area contributed by atoms with Crippen LogP contribution < -0.4 is 10.6 Å². The van der Waals surface area contributed by atoms with Crippen LogP contribution >= 0.6 is 0 Å². The SMILES string of the molecule is CC(C)[Si](OC1CN(c2cccc(S(=O)(=O)N3CCC(N)CC3)c2)C1)(C(C)C)C(C)C. The van der Waals surface area contributed by atoms with E-state index in [2.05, 4.69) is 46.4 Å². The number of piperidine rings is 1. The number of benzene rings is 1. The second kappa shape index (κ2) is 9.51. The lowest BCUT2D eigenvalue weighted by Crippen LogP contribution is -2.60. The van der Waals surface area contributed by atoms with Crippen LogP contribution in [0.4, 0.5) is 5.69 Å². The van der Waals surface area contributed by atoms with Crippen molar-refractivity contribution in [3.05, 3.63) is 24.3 Å². The Bertz CT molecular complexity index is 824. The first-order valence-electron chi connectivity index (χ1n) is 11.8. The molecular formula is C23H41N3O3SSi. The van der Waals surface area contributed by atoms with Crippen molar-refractivity contribution in [3.63, 3.8) is 0 Å².